The third kappa shape index (κ3) is 4.15. The molecule has 1 unspecified atom stereocenters. The minimum atomic E-state index is 0.384. The van der Waals surface area contributed by atoms with Gasteiger partial charge in [-0.2, -0.15) is 0 Å². The molecule has 1 fully saturated rings. The molecular formula is C19H28N4S. The number of thiophene rings is 1. The van der Waals surface area contributed by atoms with E-state index in [2.05, 4.69) is 64.5 Å². The van der Waals surface area contributed by atoms with Crippen molar-refractivity contribution in [2.45, 2.75) is 33.4 Å². The van der Waals surface area contributed by atoms with Crippen molar-refractivity contribution >= 4 is 17.2 Å². The Morgan fingerprint density at radius 1 is 1.25 bits per heavy atom. The van der Waals surface area contributed by atoms with Crippen molar-refractivity contribution in [1.29, 1.82) is 0 Å². The van der Waals surface area contributed by atoms with Gasteiger partial charge in [0.15, 0.2) is 0 Å². The molecule has 0 saturated carbocycles. The van der Waals surface area contributed by atoms with E-state index in [1.807, 2.05) is 17.5 Å². The molecule has 2 aromatic rings. The van der Waals surface area contributed by atoms with Crippen LogP contribution >= 0.6 is 11.3 Å². The quantitative estimate of drug-likeness (QED) is 0.870. The molecule has 5 heteroatoms. The lowest BCUT2D eigenvalue weighted by Gasteiger charge is -2.34. The summed E-state index contributed by atoms with van der Waals surface area (Å²) in [4.78, 5) is 10.9. The standard InChI is InChI=1S/C19H28N4S/c1-4-22-8-10-23(11-9-22)18-13-17(5-7-20-18)14-21-16(3)19-15(2)6-12-24-19/h5-7,12-13,16,21H,4,8-11,14H2,1-3H3. The zero-order valence-corrected chi connectivity index (χ0v) is 15.8. The zero-order chi connectivity index (χ0) is 16.9. The van der Waals surface area contributed by atoms with Gasteiger partial charge in [-0.25, -0.2) is 4.98 Å². The molecule has 0 spiro atoms. The van der Waals surface area contributed by atoms with Crippen molar-refractivity contribution < 1.29 is 0 Å². The molecule has 3 rings (SSSR count). The smallest absolute Gasteiger partial charge is 0.128 e. The first-order chi connectivity index (χ1) is 11.7. The number of aromatic nitrogens is 1. The van der Waals surface area contributed by atoms with Gasteiger partial charge in [-0.1, -0.05) is 6.92 Å². The van der Waals surface area contributed by atoms with Gasteiger partial charge in [0.25, 0.3) is 0 Å². The molecule has 0 radical (unpaired) electrons. The molecule has 1 aliphatic heterocycles. The van der Waals surface area contributed by atoms with E-state index in [0.29, 0.717) is 6.04 Å². The number of hydrogen-bond donors (Lipinski definition) is 1. The predicted octanol–water partition coefficient (Wildman–Crippen LogP) is 3.44. The van der Waals surface area contributed by atoms with E-state index in [4.69, 9.17) is 0 Å². The fourth-order valence-electron chi connectivity index (χ4n) is 3.23. The lowest BCUT2D eigenvalue weighted by atomic mass is 10.1. The maximum Gasteiger partial charge on any atom is 0.128 e. The second-order valence-corrected chi connectivity index (χ2v) is 7.46. The van der Waals surface area contributed by atoms with E-state index in [-0.39, 0.29) is 0 Å². The highest BCUT2D eigenvalue weighted by Gasteiger charge is 2.17. The van der Waals surface area contributed by atoms with Crippen molar-refractivity contribution in [2.24, 2.45) is 0 Å². The Labute approximate surface area is 149 Å². The van der Waals surface area contributed by atoms with Crippen LogP contribution in [0.3, 0.4) is 0 Å². The van der Waals surface area contributed by atoms with Crippen molar-refractivity contribution in [3.63, 3.8) is 0 Å². The fraction of sp³-hybridized carbons (Fsp3) is 0.526. The fourth-order valence-corrected chi connectivity index (χ4v) is 4.19. The summed E-state index contributed by atoms with van der Waals surface area (Å²) in [5.74, 6) is 1.12. The summed E-state index contributed by atoms with van der Waals surface area (Å²) in [7, 11) is 0. The van der Waals surface area contributed by atoms with Crippen LogP contribution in [0, 0.1) is 6.92 Å². The van der Waals surface area contributed by atoms with Gasteiger partial charge in [0.2, 0.25) is 0 Å². The Hall–Kier alpha value is -1.43. The Morgan fingerprint density at radius 2 is 2.04 bits per heavy atom. The Balaban J connectivity index is 1.58. The van der Waals surface area contributed by atoms with Crippen LogP contribution in [0.1, 0.15) is 35.9 Å². The van der Waals surface area contributed by atoms with Gasteiger partial charge in [-0.05, 0) is 55.1 Å². The highest BCUT2D eigenvalue weighted by Crippen LogP contribution is 2.24. The number of nitrogens with zero attached hydrogens (tertiary/aromatic N) is 3. The molecular weight excluding hydrogens is 316 g/mol. The monoisotopic (exact) mass is 344 g/mol. The molecule has 1 aliphatic rings. The normalized spacial score (nSPS) is 17.2. The third-order valence-corrected chi connectivity index (χ3v) is 6.06. The molecule has 130 valence electrons. The molecule has 0 bridgehead atoms. The molecule has 3 heterocycles. The summed E-state index contributed by atoms with van der Waals surface area (Å²) in [5, 5.41) is 5.81. The molecule has 0 aliphatic carbocycles. The van der Waals surface area contributed by atoms with Crippen LogP contribution in [-0.2, 0) is 6.54 Å². The minimum absolute atomic E-state index is 0.384. The van der Waals surface area contributed by atoms with Gasteiger partial charge in [-0.15, -0.1) is 11.3 Å². The maximum absolute atomic E-state index is 4.59. The summed E-state index contributed by atoms with van der Waals surface area (Å²) < 4.78 is 0. The highest BCUT2D eigenvalue weighted by atomic mass is 32.1. The number of hydrogen-bond acceptors (Lipinski definition) is 5. The van der Waals surface area contributed by atoms with E-state index in [1.54, 1.807) is 0 Å². The first-order valence-corrected chi connectivity index (χ1v) is 9.75. The molecule has 1 saturated heterocycles. The number of aryl methyl sites for hydroxylation is 1. The summed E-state index contributed by atoms with van der Waals surface area (Å²) >= 11 is 1.83. The van der Waals surface area contributed by atoms with Gasteiger partial charge in [0.1, 0.15) is 5.82 Å². The second kappa shape index (κ2) is 8.10. The first kappa shape index (κ1) is 17.4. The van der Waals surface area contributed by atoms with Gasteiger partial charge in [0, 0.05) is 49.8 Å². The average Bonchev–Trinajstić information content (AvgIpc) is 3.06. The third-order valence-electron chi connectivity index (χ3n) is 4.86. The van der Waals surface area contributed by atoms with E-state index in [1.165, 1.54) is 16.0 Å². The van der Waals surface area contributed by atoms with Crippen LogP contribution in [0.15, 0.2) is 29.8 Å². The van der Waals surface area contributed by atoms with Crippen molar-refractivity contribution in [1.82, 2.24) is 15.2 Å². The Bertz CT molecular complexity index is 646. The number of nitrogens with one attached hydrogen (secondary N) is 1. The van der Waals surface area contributed by atoms with Crippen LogP contribution in [0.2, 0.25) is 0 Å². The van der Waals surface area contributed by atoms with Gasteiger partial charge in [0.05, 0.1) is 0 Å². The lowest BCUT2D eigenvalue weighted by Crippen LogP contribution is -2.46. The molecule has 24 heavy (non-hydrogen) atoms. The lowest BCUT2D eigenvalue weighted by molar-refractivity contribution is 0.270. The van der Waals surface area contributed by atoms with Gasteiger partial charge in [-0.3, -0.25) is 0 Å². The number of rotatable bonds is 6. The average molecular weight is 345 g/mol. The number of pyridine rings is 1. The predicted molar refractivity (Wildman–Crippen MR) is 103 cm³/mol. The number of anilines is 1. The van der Waals surface area contributed by atoms with Crippen LogP contribution in [-0.4, -0.2) is 42.6 Å². The minimum Gasteiger partial charge on any atom is -0.354 e. The Kier molecular flexibility index (Phi) is 5.87. The molecule has 0 amide bonds. The summed E-state index contributed by atoms with van der Waals surface area (Å²) in [6.07, 6.45) is 1.94. The molecule has 2 aromatic heterocycles. The first-order valence-electron chi connectivity index (χ1n) is 8.87. The molecule has 0 aromatic carbocycles. The van der Waals surface area contributed by atoms with E-state index in [9.17, 15) is 0 Å². The second-order valence-electron chi connectivity index (χ2n) is 6.51. The number of piperazine rings is 1. The maximum atomic E-state index is 4.59. The highest BCUT2D eigenvalue weighted by molar-refractivity contribution is 7.10. The summed E-state index contributed by atoms with van der Waals surface area (Å²) in [5.41, 5.74) is 2.68. The largest absolute Gasteiger partial charge is 0.354 e. The van der Waals surface area contributed by atoms with Crippen molar-refractivity contribution in [3.05, 3.63) is 45.8 Å². The van der Waals surface area contributed by atoms with Crippen LogP contribution < -0.4 is 10.2 Å². The van der Waals surface area contributed by atoms with Crippen LogP contribution in [0.4, 0.5) is 5.82 Å². The Morgan fingerprint density at radius 3 is 2.71 bits per heavy atom. The molecule has 1 atom stereocenters. The molecule has 4 nitrogen and oxygen atoms in total. The van der Waals surface area contributed by atoms with Crippen molar-refractivity contribution in [2.75, 3.05) is 37.6 Å². The zero-order valence-electron chi connectivity index (χ0n) is 15.0. The van der Waals surface area contributed by atoms with E-state index >= 15 is 0 Å². The summed E-state index contributed by atoms with van der Waals surface area (Å²) in [6.45, 7) is 13.1. The van der Waals surface area contributed by atoms with Crippen LogP contribution in [0.5, 0.6) is 0 Å². The van der Waals surface area contributed by atoms with Crippen LogP contribution in [0.25, 0.3) is 0 Å². The topological polar surface area (TPSA) is 31.4 Å². The summed E-state index contributed by atoms with van der Waals surface area (Å²) in [6, 6.07) is 6.93. The van der Waals surface area contributed by atoms with Gasteiger partial charge >= 0.3 is 0 Å². The van der Waals surface area contributed by atoms with E-state index in [0.717, 1.165) is 45.1 Å². The van der Waals surface area contributed by atoms with Crippen molar-refractivity contribution in [3.8, 4) is 0 Å². The molecule has 1 N–H and O–H groups in total. The van der Waals surface area contributed by atoms with E-state index < -0.39 is 0 Å². The van der Waals surface area contributed by atoms with Gasteiger partial charge < -0.3 is 15.1 Å². The SMILES string of the molecule is CCN1CCN(c2cc(CNC(C)c3sccc3C)ccn2)CC1. The number of likely N-dealkylation sites (N-methyl/N-ethyl adjacent to an activating group) is 1.